The minimum atomic E-state index is -0.562. The van der Waals surface area contributed by atoms with Gasteiger partial charge in [-0.05, 0) is 19.2 Å². The van der Waals surface area contributed by atoms with Gasteiger partial charge in [-0.1, -0.05) is 36.4 Å². The van der Waals surface area contributed by atoms with E-state index >= 15 is 0 Å². The van der Waals surface area contributed by atoms with E-state index in [0.29, 0.717) is 6.61 Å². The molecule has 0 fully saturated rings. The zero-order chi connectivity index (χ0) is 14.8. The van der Waals surface area contributed by atoms with Crippen molar-refractivity contribution in [2.45, 2.75) is 26.6 Å². The molecule has 2 aromatic carbocycles. The van der Waals surface area contributed by atoms with Crippen molar-refractivity contribution in [2.75, 3.05) is 0 Å². The number of aromatic nitrogens is 1. The van der Waals surface area contributed by atoms with Crippen molar-refractivity contribution in [1.82, 2.24) is 4.98 Å². The van der Waals surface area contributed by atoms with Crippen molar-refractivity contribution in [3.63, 3.8) is 0 Å². The summed E-state index contributed by atoms with van der Waals surface area (Å²) in [6.45, 7) is 4.21. The van der Waals surface area contributed by atoms with Crippen LogP contribution in [0.2, 0.25) is 0 Å². The molecule has 0 radical (unpaired) electrons. The van der Waals surface area contributed by atoms with Crippen LogP contribution in [0.5, 0.6) is 5.75 Å². The number of aryl methyl sites for hydroxylation is 1. The number of ether oxygens (including phenoxy) is 1. The molecule has 1 N–H and O–H groups in total. The highest BCUT2D eigenvalue weighted by molar-refractivity contribution is 7.11. The third-order valence-electron chi connectivity index (χ3n) is 3.39. The highest BCUT2D eigenvalue weighted by Crippen LogP contribution is 2.34. The fourth-order valence-electron chi connectivity index (χ4n) is 2.37. The van der Waals surface area contributed by atoms with Gasteiger partial charge in [0.15, 0.2) is 0 Å². The van der Waals surface area contributed by atoms with Gasteiger partial charge in [-0.2, -0.15) is 0 Å². The van der Waals surface area contributed by atoms with E-state index in [9.17, 15) is 5.11 Å². The highest BCUT2D eigenvalue weighted by atomic mass is 32.1. The van der Waals surface area contributed by atoms with E-state index in [4.69, 9.17) is 4.74 Å². The molecule has 0 aliphatic rings. The summed E-state index contributed by atoms with van der Waals surface area (Å²) in [4.78, 5) is 5.32. The first-order valence-corrected chi connectivity index (χ1v) is 7.70. The Labute approximate surface area is 127 Å². The van der Waals surface area contributed by atoms with E-state index in [1.165, 1.54) is 0 Å². The lowest BCUT2D eigenvalue weighted by molar-refractivity contribution is 0.191. The van der Waals surface area contributed by atoms with Crippen LogP contribution in [0.25, 0.3) is 10.8 Å². The number of thiazole rings is 1. The molecule has 0 spiro atoms. The number of hydrogen-bond donors (Lipinski definition) is 1. The number of aliphatic hydroxyl groups is 1. The van der Waals surface area contributed by atoms with Gasteiger partial charge in [0.05, 0.1) is 16.0 Å². The molecule has 0 bridgehead atoms. The molecule has 0 amide bonds. The Morgan fingerprint density at radius 1 is 1.24 bits per heavy atom. The van der Waals surface area contributed by atoms with E-state index in [1.807, 2.05) is 49.5 Å². The fraction of sp³-hybridized carbons (Fsp3) is 0.235. The van der Waals surface area contributed by atoms with Crippen molar-refractivity contribution in [3.05, 3.63) is 58.0 Å². The molecule has 0 unspecified atom stereocenters. The fourth-order valence-corrected chi connectivity index (χ4v) is 3.07. The van der Waals surface area contributed by atoms with E-state index in [1.54, 1.807) is 18.3 Å². The van der Waals surface area contributed by atoms with E-state index in [-0.39, 0.29) is 0 Å². The average molecular weight is 299 g/mol. The molecule has 0 aliphatic carbocycles. The van der Waals surface area contributed by atoms with Crippen molar-refractivity contribution in [3.8, 4) is 5.75 Å². The van der Waals surface area contributed by atoms with Crippen LogP contribution in [0.15, 0.2) is 42.6 Å². The quantitative estimate of drug-likeness (QED) is 0.783. The van der Waals surface area contributed by atoms with Gasteiger partial charge in [0.1, 0.15) is 12.4 Å². The van der Waals surface area contributed by atoms with Crippen molar-refractivity contribution < 1.29 is 9.84 Å². The number of nitrogens with zero attached hydrogens (tertiary/aromatic N) is 1. The summed E-state index contributed by atoms with van der Waals surface area (Å²) in [6, 6.07) is 12.0. The van der Waals surface area contributed by atoms with Crippen LogP contribution in [0.3, 0.4) is 0 Å². The van der Waals surface area contributed by atoms with Crippen molar-refractivity contribution >= 4 is 22.1 Å². The van der Waals surface area contributed by atoms with Gasteiger partial charge in [-0.3, -0.25) is 0 Å². The first-order chi connectivity index (χ1) is 10.1. The molecule has 1 heterocycles. The second-order valence-corrected chi connectivity index (χ2v) is 6.33. The first kappa shape index (κ1) is 14.0. The minimum absolute atomic E-state index is 0.471. The average Bonchev–Trinajstić information content (AvgIpc) is 2.90. The molecule has 3 nitrogen and oxygen atoms in total. The second kappa shape index (κ2) is 5.84. The molecule has 0 saturated carbocycles. The third-order valence-corrected chi connectivity index (χ3v) is 4.27. The molecule has 108 valence electrons. The van der Waals surface area contributed by atoms with Crippen molar-refractivity contribution in [2.24, 2.45) is 0 Å². The topological polar surface area (TPSA) is 42.4 Å². The summed E-state index contributed by atoms with van der Waals surface area (Å²) in [5, 5.41) is 13.1. The van der Waals surface area contributed by atoms with Crippen LogP contribution >= 0.6 is 11.3 Å². The smallest absolute Gasteiger partial charge is 0.133 e. The largest absolute Gasteiger partial charge is 0.487 e. The summed E-state index contributed by atoms with van der Waals surface area (Å²) in [5.74, 6) is 0.758. The van der Waals surface area contributed by atoms with E-state index in [2.05, 4.69) is 4.98 Å². The van der Waals surface area contributed by atoms with Crippen LogP contribution in [-0.2, 0) is 6.61 Å². The Kier molecular flexibility index (Phi) is 3.90. The normalized spacial score (nSPS) is 12.5. The lowest BCUT2D eigenvalue weighted by Gasteiger charge is -2.15. The van der Waals surface area contributed by atoms with Gasteiger partial charge in [-0.25, -0.2) is 4.98 Å². The van der Waals surface area contributed by atoms with Crippen LogP contribution in [0.4, 0.5) is 0 Å². The molecule has 4 heteroatoms. The predicted octanol–water partition coefficient (Wildman–Crippen LogP) is 4.24. The summed E-state index contributed by atoms with van der Waals surface area (Å²) < 4.78 is 6.02. The van der Waals surface area contributed by atoms with Gasteiger partial charge >= 0.3 is 0 Å². The zero-order valence-electron chi connectivity index (χ0n) is 12.0. The summed E-state index contributed by atoms with van der Waals surface area (Å²) >= 11 is 1.63. The van der Waals surface area contributed by atoms with Gasteiger partial charge in [0, 0.05) is 17.1 Å². The number of benzene rings is 2. The number of fused-ring (bicyclic) bond motifs is 1. The van der Waals surface area contributed by atoms with E-state index in [0.717, 1.165) is 32.0 Å². The van der Waals surface area contributed by atoms with Crippen molar-refractivity contribution in [1.29, 1.82) is 0 Å². The molecule has 21 heavy (non-hydrogen) atoms. The predicted molar refractivity (Wildman–Crippen MR) is 85.8 cm³/mol. The standard InChI is InChI=1S/C17H17NO2S/c1-11(19)15-8-7-13-5-3-4-6-16(13)17(15)20-10-14-9-18-12(2)21-14/h3-9,11,19H,10H2,1-2H3/t11-/m0/s1. The van der Waals surface area contributed by atoms with E-state index < -0.39 is 6.10 Å². The minimum Gasteiger partial charge on any atom is -0.487 e. The summed E-state index contributed by atoms with van der Waals surface area (Å²) in [6.07, 6.45) is 1.28. The maximum Gasteiger partial charge on any atom is 0.133 e. The molecule has 3 rings (SSSR count). The molecule has 0 saturated heterocycles. The molecule has 1 aromatic heterocycles. The molecule has 3 aromatic rings. The number of aliphatic hydroxyl groups excluding tert-OH is 1. The highest BCUT2D eigenvalue weighted by Gasteiger charge is 2.13. The Morgan fingerprint density at radius 2 is 2.05 bits per heavy atom. The lowest BCUT2D eigenvalue weighted by atomic mass is 10.0. The number of rotatable bonds is 4. The SMILES string of the molecule is Cc1ncc(COc2c([C@H](C)O)ccc3ccccc23)s1. The van der Waals surface area contributed by atoms with Crippen LogP contribution in [-0.4, -0.2) is 10.1 Å². The van der Waals surface area contributed by atoms with Gasteiger partial charge in [0.25, 0.3) is 0 Å². The third kappa shape index (κ3) is 2.91. The van der Waals surface area contributed by atoms with Gasteiger partial charge in [-0.15, -0.1) is 11.3 Å². The summed E-state index contributed by atoms with van der Waals surface area (Å²) in [7, 11) is 0. The Morgan fingerprint density at radius 3 is 2.76 bits per heavy atom. The zero-order valence-corrected chi connectivity index (χ0v) is 12.9. The maximum atomic E-state index is 9.98. The van der Waals surface area contributed by atoms with Gasteiger partial charge in [0.2, 0.25) is 0 Å². The lowest BCUT2D eigenvalue weighted by Crippen LogP contribution is -2.01. The van der Waals surface area contributed by atoms with Crippen LogP contribution < -0.4 is 4.74 Å². The molecule has 1 atom stereocenters. The molecular weight excluding hydrogens is 282 g/mol. The van der Waals surface area contributed by atoms with Gasteiger partial charge < -0.3 is 9.84 Å². The Bertz CT molecular complexity index is 764. The molecule has 0 aliphatic heterocycles. The molecular formula is C17H17NO2S. The van der Waals surface area contributed by atoms with Crippen LogP contribution in [0.1, 0.15) is 28.5 Å². The number of hydrogen-bond acceptors (Lipinski definition) is 4. The monoisotopic (exact) mass is 299 g/mol. The Hall–Kier alpha value is -1.91. The Balaban J connectivity index is 1.99. The maximum absolute atomic E-state index is 9.98. The second-order valence-electron chi connectivity index (χ2n) is 5.02. The first-order valence-electron chi connectivity index (χ1n) is 6.89. The van der Waals surface area contributed by atoms with Crippen LogP contribution in [0, 0.1) is 6.92 Å². The summed E-state index contributed by atoms with van der Waals surface area (Å²) in [5.41, 5.74) is 0.815.